The van der Waals surface area contributed by atoms with Gasteiger partial charge in [0.25, 0.3) is 5.56 Å². The van der Waals surface area contributed by atoms with Crippen LogP contribution < -0.4 is 5.56 Å². The predicted octanol–water partition coefficient (Wildman–Crippen LogP) is 0.620. The molecule has 20 heavy (non-hydrogen) atoms. The first-order chi connectivity index (χ1) is 9.56. The Morgan fingerprint density at radius 1 is 1.15 bits per heavy atom. The first-order valence-corrected chi connectivity index (χ1v) is 7.41. The molecule has 0 amide bonds. The van der Waals surface area contributed by atoms with E-state index in [2.05, 4.69) is 19.9 Å². The van der Waals surface area contributed by atoms with Crippen LogP contribution >= 0.6 is 0 Å². The molecule has 0 aliphatic heterocycles. The Morgan fingerprint density at radius 3 is 2.65 bits per heavy atom. The van der Waals surface area contributed by atoms with Crippen LogP contribution in [0.5, 0.6) is 0 Å². The molecule has 0 fully saturated rings. The van der Waals surface area contributed by atoms with Gasteiger partial charge >= 0.3 is 0 Å². The zero-order valence-electron chi connectivity index (χ0n) is 10.2. The summed E-state index contributed by atoms with van der Waals surface area (Å²) in [4.78, 5) is 24.3. The topological polar surface area (TPSA) is 109 Å². The minimum absolute atomic E-state index is 0.0837. The van der Waals surface area contributed by atoms with Gasteiger partial charge in [-0.05, 0) is 5.56 Å². The maximum absolute atomic E-state index is 12.2. The van der Waals surface area contributed by atoms with Gasteiger partial charge in [0, 0.05) is 0 Å². The van der Waals surface area contributed by atoms with Crippen molar-refractivity contribution >= 4 is 21.0 Å². The van der Waals surface area contributed by atoms with E-state index in [1.807, 2.05) is 0 Å². The third kappa shape index (κ3) is 2.21. The SMILES string of the molecule is O=c1[nH]c(S(=O)(=O)Cc2ccccc2)nc2nc[nH]c12. The van der Waals surface area contributed by atoms with E-state index < -0.39 is 15.4 Å². The average Bonchev–Trinajstić information content (AvgIpc) is 2.88. The number of imidazole rings is 1. The van der Waals surface area contributed by atoms with Gasteiger partial charge in [0.15, 0.2) is 11.2 Å². The van der Waals surface area contributed by atoms with Crippen LogP contribution in [0.2, 0.25) is 0 Å². The second-order valence-corrected chi connectivity index (χ2v) is 6.12. The van der Waals surface area contributed by atoms with Gasteiger partial charge in [-0.25, -0.2) is 13.4 Å². The molecule has 0 spiro atoms. The highest BCUT2D eigenvalue weighted by Crippen LogP contribution is 2.12. The van der Waals surface area contributed by atoms with Crippen molar-refractivity contribution in [3.05, 3.63) is 52.6 Å². The lowest BCUT2D eigenvalue weighted by Crippen LogP contribution is -2.17. The Labute approximate surface area is 113 Å². The number of nitrogens with one attached hydrogen (secondary N) is 2. The summed E-state index contributed by atoms with van der Waals surface area (Å²) >= 11 is 0. The van der Waals surface area contributed by atoms with Crippen LogP contribution in [-0.4, -0.2) is 28.4 Å². The number of aromatic amines is 2. The maximum atomic E-state index is 12.2. The summed E-state index contributed by atoms with van der Waals surface area (Å²) in [6, 6.07) is 8.69. The Balaban J connectivity index is 2.07. The smallest absolute Gasteiger partial charge is 0.277 e. The predicted molar refractivity (Wildman–Crippen MR) is 71.8 cm³/mol. The van der Waals surface area contributed by atoms with Crippen molar-refractivity contribution in [3.8, 4) is 0 Å². The lowest BCUT2D eigenvalue weighted by Gasteiger charge is -2.03. The first kappa shape index (κ1) is 12.5. The molecule has 0 saturated heterocycles. The standard InChI is InChI=1S/C12H10N4O3S/c17-11-9-10(14-7-13-9)15-12(16-11)20(18,19)6-8-4-2-1-3-5-8/h1-5,7H,6H2,(H2,13,14,15,16,17). The van der Waals surface area contributed by atoms with Crippen molar-refractivity contribution in [1.29, 1.82) is 0 Å². The summed E-state index contributed by atoms with van der Waals surface area (Å²) < 4.78 is 24.5. The van der Waals surface area contributed by atoms with Gasteiger partial charge in [0.1, 0.15) is 0 Å². The van der Waals surface area contributed by atoms with E-state index in [0.29, 0.717) is 5.56 Å². The van der Waals surface area contributed by atoms with Gasteiger partial charge in [-0.3, -0.25) is 9.78 Å². The number of hydrogen-bond donors (Lipinski definition) is 2. The van der Waals surface area contributed by atoms with Gasteiger partial charge in [0.05, 0.1) is 12.1 Å². The fraction of sp³-hybridized carbons (Fsp3) is 0.0833. The zero-order valence-corrected chi connectivity index (χ0v) is 11.0. The van der Waals surface area contributed by atoms with Gasteiger partial charge in [-0.2, -0.15) is 4.98 Å². The molecule has 2 heterocycles. The second-order valence-electron chi connectivity index (χ2n) is 4.22. The molecule has 2 N–H and O–H groups in total. The molecule has 7 nitrogen and oxygen atoms in total. The van der Waals surface area contributed by atoms with Crippen LogP contribution in [0.3, 0.4) is 0 Å². The Kier molecular flexibility index (Phi) is 2.87. The van der Waals surface area contributed by atoms with Gasteiger partial charge in [0.2, 0.25) is 15.0 Å². The largest absolute Gasteiger partial charge is 0.339 e. The van der Waals surface area contributed by atoms with Gasteiger partial charge in [-0.15, -0.1) is 0 Å². The monoisotopic (exact) mass is 290 g/mol. The normalized spacial score (nSPS) is 11.8. The maximum Gasteiger partial charge on any atom is 0.277 e. The number of sulfone groups is 1. The molecule has 1 aromatic carbocycles. The molecule has 2 aromatic heterocycles. The fourth-order valence-electron chi connectivity index (χ4n) is 1.83. The Hall–Kier alpha value is -2.48. The molecule has 0 saturated carbocycles. The fourth-order valence-corrected chi connectivity index (χ4v) is 3.07. The van der Waals surface area contributed by atoms with Crippen LogP contribution in [0.4, 0.5) is 0 Å². The molecule has 3 aromatic rings. The molecule has 0 aliphatic rings. The van der Waals surface area contributed by atoms with Crippen LogP contribution in [0.25, 0.3) is 11.2 Å². The molecule has 0 aliphatic carbocycles. The summed E-state index contributed by atoms with van der Waals surface area (Å²) in [5.41, 5.74) is 0.306. The third-order valence-electron chi connectivity index (χ3n) is 2.77. The number of benzene rings is 1. The van der Waals surface area contributed by atoms with Crippen LogP contribution in [0.1, 0.15) is 5.56 Å². The van der Waals surface area contributed by atoms with Crippen molar-refractivity contribution in [2.24, 2.45) is 0 Å². The first-order valence-electron chi connectivity index (χ1n) is 5.76. The van der Waals surface area contributed by atoms with E-state index in [4.69, 9.17) is 0 Å². The van der Waals surface area contributed by atoms with Crippen molar-refractivity contribution in [3.63, 3.8) is 0 Å². The van der Waals surface area contributed by atoms with Crippen molar-refractivity contribution in [1.82, 2.24) is 19.9 Å². The van der Waals surface area contributed by atoms with Crippen molar-refractivity contribution in [2.75, 3.05) is 0 Å². The molecule has 102 valence electrons. The van der Waals surface area contributed by atoms with E-state index >= 15 is 0 Å². The van der Waals surface area contributed by atoms with E-state index in [-0.39, 0.29) is 22.1 Å². The summed E-state index contributed by atoms with van der Waals surface area (Å²) in [6.45, 7) is 0. The molecule has 3 rings (SSSR count). The van der Waals surface area contributed by atoms with E-state index in [0.717, 1.165) is 0 Å². The number of H-pyrrole nitrogens is 2. The van der Waals surface area contributed by atoms with Crippen LogP contribution in [-0.2, 0) is 15.6 Å². The summed E-state index contributed by atoms with van der Waals surface area (Å²) in [5, 5.41) is -0.369. The van der Waals surface area contributed by atoms with Crippen molar-refractivity contribution in [2.45, 2.75) is 10.9 Å². The third-order valence-corrected chi connectivity index (χ3v) is 4.26. The highest BCUT2D eigenvalue weighted by atomic mass is 32.2. The molecule has 0 unspecified atom stereocenters. The lowest BCUT2D eigenvalue weighted by atomic mass is 10.2. The average molecular weight is 290 g/mol. The number of fused-ring (bicyclic) bond motifs is 1. The molecular formula is C12H10N4O3S. The summed E-state index contributed by atoms with van der Waals surface area (Å²) in [5.74, 6) is -0.229. The minimum Gasteiger partial charge on any atom is -0.339 e. The number of rotatable bonds is 3. The minimum atomic E-state index is -3.73. The van der Waals surface area contributed by atoms with E-state index in [1.54, 1.807) is 30.3 Å². The highest BCUT2D eigenvalue weighted by Gasteiger charge is 2.20. The zero-order chi connectivity index (χ0) is 14.2. The summed E-state index contributed by atoms with van der Waals surface area (Å²) in [7, 11) is -3.73. The molecule has 0 atom stereocenters. The van der Waals surface area contributed by atoms with Crippen LogP contribution in [0, 0.1) is 0 Å². The van der Waals surface area contributed by atoms with Crippen molar-refractivity contribution < 1.29 is 8.42 Å². The Morgan fingerprint density at radius 2 is 1.90 bits per heavy atom. The molecular weight excluding hydrogens is 280 g/mol. The lowest BCUT2D eigenvalue weighted by molar-refractivity contribution is 0.586. The van der Waals surface area contributed by atoms with E-state index in [9.17, 15) is 13.2 Å². The Bertz CT molecular complexity index is 913. The molecule has 8 heteroatoms. The number of hydrogen-bond acceptors (Lipinski definition) is 5. The number of aromatic nitrogens is 4. The van der Waals surface area contributed by atoms with Crippen LogP contribution in [0.15, 0.2) is 46.6 Å². The molecule has 0 bridgehead atoms. The molecule has 0 radical (unpaired) electrons. The second kappa shape index (κ2) is 4.57. The summed E-state index contributed by atoms with van der Waals surface area (Å²) in [6.07, 6.45) is 1.29. The van der Waals surface area contributed by atoms with Gasteiger partial charge < -0.3 is 4.98 Å². The highest BCUT2D eigenvalue weighted by molar-refractivity contribution is 7.90. The van der Waals surface area contributed by atoms with Gasteiger partial charge in [-0.1, -0.05) is 30.3 Å². The number of nitrogens with zero attached hydrogens (tertiary/aromatic N) is 2. The van der Waals surface area contributed by atoms with E-state index in [1.165, 1.54) is 6.33 Å². The quantitative estimate of drug-likeness (QED) is 0.687.